The largest absolute Gasteiger partial charge is 0.386 e. The molecule has 1 aliphatic rings. The topological polar surface area (TPSA) is 24.1 Å². The van der Waals surface area contributed by atoms with Crippen LogP contribution >= 0.6 is 0 Å². The first-order valence-electron chi connectivity index (χ1n) is 7.53. The molecule has 0 bridgehead atoms. The highest BCUT2D eigenvalue weighted by Gasteiger charge is 2.23. The SMILES string of the molecule is CNc1cc(C(NCC2CC2)c2ccccc2)ccc1F. The molecule has 0 spiro atoms. The van der Waals surface area contributed by atoms with E-state index in [0.717, 1.165) is 18.0 Å². The van der Waals surface area contributed by atoms with Gasteiger partial charge in [-0.2, -0.15) is 0 Å². The molecule has 1 atom stereocenters. The number of halogens is 1. The standard InChI is InChI=1S/C18H21FN2/c1-20-17-11-15(9-10-16(17)19)18(21-12-13-7-8-13)14-5-3-2-4-6-14/h2-6,9-11,13,18,20-21H,7-8,12H2,1H3. The van der Waals surface area contributed by atoms with Crippen molar-refractivity contribution in [3.63, 3.8) is 0 Å². The van der Waals surface area contributed by atoms with Gasteiger partial charge in [0.05, 0.1) is 11.7 Å². The molecule has 1 aliphatic carbocycles. The summed E-state index contributed by atoms with van der Waals surface area (Å²) >= 11 is 0. The zero-order valence-corrected chi connectivity index (χ0v) is 12.3. The highest BCUT2D eigenvalue weighted by atomic mass is 19.1. The van der Waals surface area contributed by atoms with Crippen molar-refractivity contribution in [3.05, 3.63) is 65.5 Å². The van der Waals surface area contributed by atoms with Crippen molar-refractivity contribution in [2.75, 3.05) is 18.9 Å². The minimum atomic E-state index is -0.213. The number of rotatable bonds is 6. The number of hydrogen-bond acceptors (Lipinski definition) is 2. The smallest absolute Gasteiger partial charge is 0.146 e. The quantitative estimate of drug-likeness (QED) is 0.839. The van der Waals surface area contributed by atoms with E-state index in [-0.39, 0.29) is 11.9 Å². The van der Waals surface area contributed by atoms with Crippen molar-refractivity contribution in [1.29, 1.82) is 0 Å². The van der Waals surface area contributed by atoms with E-state index in [1.54, 1.807) is 7.05 Å². The maximum absolute atomic E-state index is 13.7. The van der Waals surface area contributed by atoms with Gasteiger partial charge in [0.15, 0.2) is 0 Å². The molecule has 0 amide bonds. The van der Waals surface area contributed by atoms with E-state index in [9.17, 15) is 4.39 Å². The van der Waals surface area contributed by atoms with Crippen LogP contribution in [0.4, 0.5) is 10.1 Å². The Bertz CT molecular complexity index is 593. The van der Waals surface area contributed by atoms with Gasteiger partial charge in [-0.15, -0.1) is 0 Å². The molecule has 2 nitrogen and oxygen atoms in total. The second-order valence-corrected chi connectivity index (χ2v) is 5.68. The zero-order chi connectivity index (χ0) is 14.7. The Morgan fingerprint density at radius 3 is 2.52 bits per heavy atom. The number of nitrogens with one attached hydrogen (secondary N) is 2. The van der Waals surface area contributed by atoms with E-state index in [4.69, 9.17) is 0 Å². The fourth-order valence-corrected chi connectivity index (χ4v) is 2.59. The molecule has 2 N–H and O–H groups in total. The Balaban J connectivity index is 1.89. The Morgan fingerprint density at radius 1 is 1.10 bits per heavy atom. The zero-order valence-electron chi connectivity index (χ0n) is 12.3. The molecule has 1 unspecified atom stereocenters. The minimum absolute atomic E-state index is 0.111. The first-order valence-corrected chi connectivity index (χ1v) is 7.53. The molecular formula is C18H21FN2. The van der Waals surface area contributed by atoms with Crippen molar-refractivity contribution in [2.24, 2.45) is 5.92 Å². The summed E-state index contributed by atoms with van der Waals surface area (Å²) in [7, 11) is 1.75. The summed E-state index contributed by atoms with van der Waals surface area (Å²) in [6.45, 7) is 1.02. The van der Waals surface area contributed by atoms with Gasteiger partial charge in [-0.05, 0) is 48.6 Å². The third-order valence-electron chi connectivity index (χ3n) is 4.03. The fourth-order valence-electron chi connectivity index (χ4n) is 2.59. The summed E-state index contributed by atoms with van der Waals surface area (Å²) in [4.78, 5) is 0. The van der Waals surface area contributed by atoms with E-state index in [1.807, 2.05) is 30.3 Å². The summed E-state index contributed by atoms with van der Waals surface area (Å²) in [6.07, 6.45) is 2.64. The molecule has 0 aromatic heterocycles. The van der Waals surface area contributed by atoms with E-state index < -0.39 is 0 Å². The summed E-state index contributed by atoms with van der Waals surface area (Å²) in [5.41, 5.74) is 2.85. The Labute approximate surface area is 125 Å². The molecule has 110 valence electrons. The van der Waals surface area contributed by atoms with Crippen LogP contribution in [-0.2, 0) is 0 Å². The van der Waals surface area contributed by atoms with Gasteiger partial charge in [0, 0.05) is 7.05 Å². The normalized spacial score (nSPS) is 15.7. The van der Waals surface area contributed by atoms with Gasteiger partial charge in [-0.3, -0.25) is 0 Å². The van der Waals surface area contributed by atoms with Gasteiger partial charge in [0.25, 0.3) is 0 Å². The highest BCUT2D eigenvalue weighted by Crippen LogP contribution is 2.31. The van der Waals surface area contributed by atoms with Gasteiger partial charge < -0.3 is 10.6 Å². The third-order valence-corrected chi connectivity index (χ3v) is 4.03. The number of benzene rings is 2. The highest BCUT2D eigenvalue weighted by molar-refractivity contribution is 5.49. The van der Waals surface area contributed by atoms with Crippen molar-refractivity contribution >= 4 is 5.69 Å². The second-order valence-electron chi connectivity index (χ2n) is 5.68. The Morgan fingerprint density at radius 2 is 1.86 bits per heavy atom. The fraction of sp³-hybridized carbons (Fsp3) is 0.333. The molecule has 1 fully saturated rings. The summed E-state index contributed by atoms with van der Waals surface area (Å²) in [5.74, 6) is 0.593. The second kappa shape index (κ2) is 6.27. The molecule has 3 rings (SSSR count). The van der Waals surface area contributed by atoms with E-state index in [2.05, 4.69) is 22.8 Å². The van der Waals surface area contributed by atoms with E-state index >= 15 is 0 Å². The van der Waals surface area contributed by atoms with Gasteiger partial charge in [-0.1, -0.05) is 36.4 Å². The molecule has 0 radical (unpaired) electrons. The van der Waals surface area contributed by atoms with Crippen LogP contribution in [-0.4, -0.2) is 13.6 Å². The maximum atomic E-state index is 13.7. The Hall–Kier alpha value is -1.87. The van der Waals surface area contributed by atoms with Crippen LogP contribution in [0.5, 0.6) is 0 Å². The molecular weight excluding hydrogens is 263 g/mol. The summed E-state index contributed by atoms with van der Waals surface area (Å²) in [6, 6.07) is 15.8. The number of anilines is 1. The lowest BCUT2D eigenvalue weighted by molar-refractivity contribution is 0.571. The maximum Gasteiger partial charge on any atom is 0.146 e. The molecule has 2 aromatic rings. The number of hydrogen-bond donors (Lipinski definition) is 2. The average Bonchev–Trinajstić information content (AvgIpc) is 3.34. The average molecular weight is 284 g/mol. The van der Waals surface area contributed by atoms with E-state index in [1.165, 1.54) is 24.5 Å². The molecule has 0 heterocycles. The van der Waals surface area contributed by atoms with Crippen LogP contribution in [0.2, 0.25) is 0 Å². The molecule has 3 heteroatoms. The van der Waals surface area contributed by atoms with Crippen molar-refractivity contribution in [3.8, 4) is 0 Å². The van der Waals surface area contributed by atoms with Crippen LogP contribution in [0.1, 0.15) is 30.0 Å². The van der Waals surface area contributed by atoms with Crippen LogP contribution in [0.25, 0.3) is 0 Å². The molecule has 2 aromatic carbocycles. The molecule has 21 heavy (non-hydrogen) atoms. The van der Waals surface area contributed by atoms with Crippen LogP contribution in [0.3, 0.4) is 0 Å². The molecule has 0 saturated heterocycles. The van der Waals surface area contributed by atoms with Crippen molar-refractivity contribution < 1.29 is 4.39 Å². The predicted octanol–water partition coefficient (Wildman–Crippen LogP) is 3.96. The van der Waals surface area contributed by atoms with E-state index in [0.29, 0.717) is 5.69 Å². The third kappa shape index (κ3) is 3.42. The lowest BCUT2D eigenvalue weighted by atomic mass is 9.98. The van der Waals surface area contributed by atoms with Gasteiger partial charge in [0.1, 0.15) is 5.82 Å². The Kier molecular flexibility index (Phi) is 4.20. The summed E-state index contributed by atoms with van der Waals surface area (Å²) in [5, 5.41) is 6.55. The minimum Gasteiger partial charge on any atom is -0.386 e. The summed E-state index contributed by atoms with van der Waals surface area (Å²) < 4.78 is 13.7. The van der Waals surface area contributed by atoms with Gasteiger partial charge in [0.2, 0.25) is 0 Å². The molecule has 0 aliphatic heterocycles. The molecule has 1 saturated carbocycles. The first-order chi connectivity index (χ1) is 10.3. The monoisotopic (exact) mass is 284 g/mol. The lowest BCUT2D eigenvalue weighted by Crippen LogP contribution is -2.24. The van der Waals surface area contributed by atoms with Crippen molar-refractivity contribution in [2.45, 2.75) is 18.9 Å². The first kappa shape index (κ1) is 14.1. The van der Waals surface area contributed by atoms with Crippen molar-refractivity contribution in [1.82, 2.24) is 5.32 Å². The predicted molar refractivity (Wildman–Crippen MR) is 85.0 cm³/mol. The van der Waals surface area contributed by atoms with Gasteiger partial charge in [-0.25, -0.2) is 4.39 Å². The van der Waals surface area contributed by atoms with Crippen LogP contribution in [0, 0.1) is 11.7 Å². The van der Waals surface area contributed by atoms with Crippen LogP contribution in [0.15, 0.2) is 48.5 Å². The van der Waals surface area contributed by atoms with Crippen LogP contribution < -0.4 is 10.6 Å². The van der Waals surface area contributed by atoms with Gasteiger partial charge >= 0.3 is 0 Å². The lowest BCUT2D eigenvalue weighted by Gasteiger charge is -2.21.